The summed E-state index contributed by atoms with van der Waals surface area (Å²) in [5.74, 6) is 0.288. The second-order valence-electron chi connectivity index (χ2n) is 4.95. The number of hydrogen-bond donors (Lipinski definition) is 0. The summed E-state index contributed by atoms with van der Waals surface area (Å²) in [7, 11) is 0. The van der Waals surface area contributed by atoms with Crippen LogP contribution in [0.2, 0.25) is 0 Å². The Balaban J connectivity index is 1.61. The van der Waals surface area contributed by atoms with E-state index in [1.165, 1.54) is 16.7 Å². The van der Waals surface area contributed by atoms with E-state index in [0.717, 1.165) is 5.56 Å². The minimum absolute atomic E-state index is 0.305. The van der Waals surface area contributed by atoms with Gasteiger partial charge in [0.25, 0.3) is 0 Å². The molecule has 0 atom stereocenters. The molecule has 0 fully saturated rings. The molecule has 3 aromatic rings. The molecular weight excluding hydrogens is 299 g/mol. The molecule has 2 aromatic carbocycles. The van der Waals surface area contributed by atoms with Gasteiger partial charge in [-0.3, -0.25) is 9.09 Å². The monoisotopic (exact) mass is 314 g/mol. The number of benzene rings is 2. The van der Waals surface area contributed by atoms with Crippen molar-refractivity contribution in [2.24, 2.45) is 0 Å². The summed E-state index contributed by atoms with van der Waals surface area (Å²) in [6.07, 6.45) is 0.596. The van der Waals surface area contributed by atoms with Crippen LogP contribution in [-0.4, -0.2) is 16.3 Å². The standard InChI is InChI=1S/C17H15FN2O3/c18-14-7-9-15(10-8-14)22-12-4-11-20-16(19-23-17(20)21)13-5-2-1-3-6-13/h1-3,5-10H,4,11-12H2. The van der Waals surface area contributed by atoms with Crippen LogP contribution in [0, 0.1) is 5.82 Å². The lowest BCUT2D eigenvalue weighted by atomic mass is 10.2. The third kappa shape index (κ3) is 3.66. The first-order valence-corrected chi connectivity index (χ1v) is 7.24. The van der Waals surface area contributed by atoms with Crippen molar-refractivity contribution in [3.63, 3.8) is 0 Å². The van der Waals surface area contributed by atoms with E-state index >= 15 is 0 Å². The molecule has 0 bridgehead atoms. The highest BCUT2D eigenvalue weighted by Crippen LogP contribution is 2.15. The van der Waals surface area contributed by atoms with Crippen LogP contribution in [0.3, 0.4) is 0 Å². The minimum Gasteiger partial charge on any atom is -0.494 e. The van der Waals surface area contributed by atoms with E-state index in [-0.39, 0.29) is 5.82 Å². The van der Waals surface area contributed by atoms with Gasteiger partial charge in [-0.05, 0) is 30.7 Å². The van der Waals surface area contributed by atoms with Gasteiger partial charge in [0.15, 0.2) is 5.82 Å². The van der Waals surface area contributed by atoms with E-state index in [2.05, 4.69) is 5.16 Å². The molecule has 0 aliphatic heterocycles. The summed E-state index contributed by atoms with van der Waals surface area (Å²) in [4.78, 5) is 11.8. The van der Waals surface area contributed by atoms with Gasteiger partial charge in [-0.25, -0.2) is 9.18 Å². The molecule has 1 heterocycles. The maximum absolute atomic E-state index is 12.8. The highest BCUT2D eigenvalue weighted by Gasteiger charge is 2.12. The number of aromatic nitrogens is 2. The molecule has 0 unspecified atom stereocenters. The van der Waals surface area contributed by atoms with E-state index in [1.807, 2.05) is 30.3 Å². The van der Waals surface area contributed by atoms with Crippen molar-refractivity contribution in [3.05, 3.63) is 71.0 Å². The molecule has 0 spiro atoms. The molecule has 0 saturated carbocycles. The first kappa shape index (κ1) is 15.0. The summed E-state index contributed by atoms with van der Waals surface area (Å²) >= 11 is 0. The van der Waals surface area contributed by atoms with Gasteiger partial charge in [0.2, 0.25) is 0 Å². The normalized spacial score (nSPS) is 10.7. The van der Waals surface area contributed by atoms with Gasteiger partial charge in [0.1, 0.15) is 11.6 Å². The third-order valence-corrected chi connectivity index (χ3v) is 3.33. The zero-order chi connectivity index (χ0) is 16.1. The Bertz CT molecular complexity index is 810. The number of rotatable bonds is 6. The number of halogens is 1. The fraction of sp³-hybridized carbons (Fsp3) is 0.176. The Morgan fingerprint density at radius 3 is 2.57 bits per heavy atom. The Morgan fingerprint density at radius 1 is 1.09 bits per heavy atom. The lowest BCUT2D eigenvalue weighted by Crippen LogP contribution is -2.17. The first-order valence-electron chi connectivity index (χ1n) is 7.24. The van der Waals surface area contributed by atoms with Crippen molar-refractivity contribution in [2.45, 2.75) is 13.0 Å². The molecule has 23 heavy (non-hydrogen) atoms. The molecule has 118 valence electrons. The Hall–Kier alpha value is -2.89. The van der Waals surface area contributed by atoms with Crippen LogP contribution in [0.5, 0.6) is 5.75 Å². The highest BCUT2D eigenvalue weighted by atomic mass is 19.1. The predicted molar refractivity (Wildman–Crippen MR) is 82.7 cm³/mol. The molecule has 3 rings (SSSR count). The number of hydrogen-bond acceptors (Lipinski definition) is 4. The Morgan fingerprint density at radius 2 is 1.83 bits per heavy atom. The maximum atomic E-state index is 12.8. The molecule has 0 saturated heterocycles. The molecule has 0 aliphatic rings. The summed E-state index contributed by atoms with van der Waals surface area (Å²) < 4.78 is 24.5. The van der Waals surface area contributed by atoms with Crippen molar-refractivity contribution < 1.29 is 13.7 Å². The van der Waals surface area contributed by atoms with E-state index in [9.17, 15) is 9.18 Å². The lowest BCUT2D eigenvalue weighted by Gasteiger charge is -2.07. The topological polar surface area (TPSA) is 57.3 Å². The van der Waals surface area contributed by atoms with Crippen LogP contribution in [0.1, 0.15) is 6.42 Å². The smallest absolute Gasteiger partial charge is 0.441 e. The second kappa shape index (κ2) is 6.91. The Labute approximate surface area is 131 Å². The van der Waals surface area contributed by atoms with E-state index < -0.39 is 5.76 Å². The SMILES string of the molecule is O=c1onc(-c2ccccc2)n1CCCOc1ccc(F)cc1. The van der Waals surface area contributed by atoms with Crippen molar-refractivity contribution in [1.82, 2.24) is 9.72 Å². The van der Waals surface area contributed by atoms with Crippen LogP contribution < -0.4 is 10.5 Å². The van der Waals surface area contributed by atoms with Crippen molar-refractivity contribution >= 4 is 0 Å². The van der Waals surface area contributed by atoms with Gasteiger partial charge in [-0.15, -0.1) is 0 Å². The fourth-order valence-corrected chi connectivity index (χ4v) is 2.20. The van der Waals surface area contributed by atoms with Gasteiger partial charge in [0, 0.05) is 12.1 Å². The van der Waals surface area contributed by atoms with Crippen LogP contribution >= 0.6 is 0 Å². The van der Waals surface area contributed by atoms with Gasteiger partial charge in [-0.2, -0.15) is 0 Å². The largest absolute Gasteiger partial charge is 0.494 e. The molecule has 0 aliphatic carbocycles. The summed E-state index contributed by atoms with van der Waals surface area (Å²) in [5.41, 5.74) is 0.817. The van der Waals surface area contributed by atoms with Crippen LogP contribution in [0.4, 0.5) is 4.39 Å². The van der Waals surface area contributed by atoms with Gasteiger partial charge < -0.3 is 4.74 Å². The molecule has 0 amide bonds. The fourth-order valence-electron chi connectivity index (χ4n) is 2.20. The maximum Gasteiger partial charge on any atom is 0.441 e. The van der Waals surface area contributed by atoms with Crippen LogP contribution in [0.15, 0.2) is 63.9 Å². The van der Waals surface area contributed by atoms with E-state index in [1.54, 1.807) is 12.1 Å². The van der Waals surface area contributed by atoms with Crippen molar-refractivity contribution in [2.75, 3.05) is 6.61 Å². The number of ether oxygens (including phenoxy) is 1. The van der Waals surface area contributed by atoms with E-state index in [0.29, 0.717) is 31.1 Å². The van der Waals surface area contributed by atoms with Gasteiger partial charge >= 0.3 is 5.76 Å². The molecule has 0 radical (unpaired) electrons. The molecule has 5 nitrogen and oxygen atoms in total. The molecular formula is C17H15FN2O3. The third-order valence-electron chi connectivity index (χ3n) is 3.33. The van der Waals surface area contributed by atoms with E-state index in [4.69, 9.17) is 9.26 Å². The quantitative estimate of drug-likeness (QED) is 0.656. The molecule has 0 N–H and O–H groups in total. The summed E-state index contributed by atoms with van der Waals surface area (Å²) in [6, 6.07) is 15.2. The predicted octanol–water partition coefficient (Wildman–Crippen LogP) is 3.11. The minimum atomic E-state index is -0.495. The number of nitrogens with zero attached hydrogens (tertiary/aromatic N) is 2. The second-order valence-corrected chi connectivity index (χ2v) is 4.95. The zero-order valence-electron chi connectivity index (χ0n) is 12.3. The van der Waals surface area contributed by atoms with Crippen molar-refractivity contribution in [1.29, 1.82) is 0 Å². The summed E-state index contributed by atoms with van der Waals surface area (Å²) in [6.45, 7) is 0.825. The zero-order valence-corrected chi connectivity index (χ0v) is 12.3. The van der Waals surface area contributed by atoms with Gasteiger partial charge in [0.05, 0.1) is 6.61 Å². The highest BCUT2D eigenvalue weighted by molar-refractivity contribution is 5.54. The average Bonchev–Trinajstić information content (AvgIpc) is 2.95. The first-order chi connectivity index (χ1) is 11.2. The lowest BCUT2D eigenvalue weighted by molar-refractivity contribution is 0.297. The van der Waals surface area contributed by atoms with Crippen LogP contribution in [0.25, 0.3) is 11.4 Å². The van der Waals surface area contributed by atoms with Crippen LogP contribution in [-0.2, 0) is 6.54 Å². The average molecular weight is 314 g/mol. The van der Waals surface area contributed by atoms with Crippen molar-refractivity contribution in [3.8, 4) is 17.1 Å². The van der Waals surface area contributed by atoms with Gasteiger partial charge in [-0.1, -0.05) is 35.5 Å². The molecule has 6 heteroatoms. The summed E-state index contributed by atoms with van der Waals surface area (Å²) in [5, 5.41) is 3.83. The Kier molecular flexibility index (Phi) is 4.52. The molecule has 1 aromatic heterocycles.